The van der Waals surface area contributed by atoms with Crippen LogP contribution in [0.1, 0.15) is 31.9 Å². The second-order valence-electron chi connectivity index (χ2n) is 9.42. The van der Waals surface area contributed by atoms with Crippen LogP contribution in [0.2, 0.25) is 0 Å². The van der Waals surface area contributed by atoms with Gasteiger partial charge in [-0.05, 0) is 53.3 Å². The van der Waals surface area contributed by atoms with Crippen molar-refractivity contribution in [2.24, 2.45) is 0 Å². The Morgan fingerprint density at radius 2 is 1.34 bits per heavy atom. The highest BCUT2D eigenvalue weighted by Crippen LogP contribution is 2.44. The van der Waals surface area contributed by atoms with Crippen LogP contribution in [0.3, 0.4) is 0 Å². The molecule has 2 heterocycles. The van der Waals surface area contributed by atoms with Crippen molar-refractivity contribution in [2.75, 3.05) is 0 Å². The molecule has 0 aliphatic carbocycles. The highest BCUT2D eigenvalue weighted by Gasteiger charge is 2.19. The van der Waals surface area contributed by atoms with Crippen molar-refractivity contribution < 1.29 is 0 Å². The molecule has 0 saturated carbocycles. The summed E-state index contributed by atoms with van der Waals surface area (Å²) in [4.78, 5) is 6.52. The molecule has 0 radical (unpaired) electrons. The van der Waals surface area contributed by atoms with E-state index in [-0.39, 0.29) is 5.41 Å². The molecule has 0 aliphatic rings. The Balaban J connectivity index is 1.76. The smallest absolute Gasteiger partial charge is 0.0902 e. The fourth-order valence-electron chi connectivity index (χ4n) is 4.17. The Kier molecular flexibility index (Phi) is 5.19. The highest BCUT2D eigenvalue weighted by atomic mass is 32.1. The summed E-state index contributed by atoms with van der Waals surface area (Å²) in [6.45, 7) is 8.97. The summed E-state index contributed by atoms with van der Waals surface area (Å²) in [5.74, 6) is 0. The third kappa shape index (κ3) is 3.87. The zero-order valence-corrected chi connectivity index (χ0v) is 19.8. The van der Waals surface area contributed by atoms with Crippen LogP contribution in [-0.4, -0.2) is 4.98 Å². The van der Waals surface area contributed by atoms with E-state index in [2.05, 4.69) is 119 Å². The third-order valence-corrected chi connectivity index (χ3v) is 7.06. The summed E-state index contributed by atoms with van der Waals surface area (Å²) in [5, 5.41) is 0. The summed E-state index contributed by atoms with van der Waals surface area (Å²) in [6.07, 6.45) is 0. The Morgan fingerprint density at radius 1 is 0.688 bits per heavy atom. The third-order valence-electron chi connectivity index (χ3n) is 5.87. The SMILES string of the molecule is Cc1cc(-c2ccc3sc(-c4ccccc4)c(-c4ccccc4)c3n2)cc(C(C)(C)C)c1. The minimum Gasteiger partial charge on any atom is -0.246 e. The number of benzene rings is 3. The van der Waals surface area contributed by atoms with Crippen LogP contribution in [-0.2, 0) is 5.41 Å². The van der Waals surface area contributed by atoms with Crippen LogP contribution in [0.4, 0.5) is 0 Å². The Hall–Kier alpha value is -3.23. The molecule has 0 aliphatic heterocycles. The quantitative estimate of drug-likeness (QED) is 0.277. The second-order valence-corrected chi connectivity index (χ2v) is 10.5. The van der Waals surface area contributed by atoms with Gasteiger partial charge in [0.1, 0.15) is 0 Å². The van der Waals surface area contributed by atoms with E-state index >= 15 is 0 Å². The topological polar surface area (TPSA) is 12.9 Å². The maximum absolute atomic E-state index is 5.24. The van der Waals surface area contributed by atoms with E-state index in [1.807, 2.05) is 11.3 Å². The number of hydrogen-bond acceptors (Lipinski definition) is 2. The van der Waals surface area contributed by atoms with Gasteiger partial charge in [0.2, 0.25) is 0 Å². The van der Waals surface area contributed by atoms with Gasteiger partial charge in [0.25, 0.3) is 0 Å². The predicted octanol–water partition coefficient (Wildman–Crippen LogP) is 8.90. The van der Waals surface area contributed by atoms with Crippen LogP contribution < -0.4 is 0 Å². The maximum atomic E-state index is 5.24. The molecule has 0 bridgehead atoms. The molecule has 0 atom stereocenters. The lowest BCUT2D eigenvalue weighted by Gasteiger charge is -2.20. The van der Waals surface area contributed by atoms with Crippen molar-refractivity contribution in [3.63, 3.8) is 0 Å². The molecule has 5 rings (SSSR count). The molecule has 0 N–H and O–H groups in total. The molecule has 0 amide bonds. The van der Waals surface area contributed by atoms with Crippen LogP contribution in [0.25, 0.3) is 43.0 Å². The lowest BCUT2D eigenvalue weighted by atomic mass is 9.85. The summed E-state index contributed by atoms with van der Waals surface area (Å²) in [5.41, 5.74) is 9.68. The number of aryl methyl sites for hydroxylation is 1. The number of aromatic nitrogens is 1. The Bertz CT molecular complexity index is 1390. The number of rotatable bonds is 3. The number of nitrogens with zero attached hydrogens (tertiary/aromatic N) is 1. The zero-order valence-electron chi connectivity index (χ0n) is 19.0. The van der Waals surface area contributed by atoms with Crippen molar-refractivity contribution in [1.82, 2.24) is 4.98 Å². The first-order valence-electron chi connectivity index (χ1n) is 11.1. The van der Waals surface area contributed by atoms with Crippen LogP contribution in [0.5, 0.6) is 0 Å². The van der Waals surface area contributed by atoms with Gasteiger partial charge in [-0.25, -0.2) is 4.98 Å². The van der Waals surface area contributed by atoms with Gasteiger partial charge >= 0.3 is 0 Å². The molecule has 3 aromatic carbocycles. The first-order valence-corrected chi connectivity index (χ1v) is 11.9. The zero-order chi connectivity index (χ0) is 22.3. The molecule has 32 heavy (non-hydrogen) atoms. The molecule has 2 aromatic heterocycles. The second kappa shape index (κ2) is 8.03. The molecule has 158 valence electrons. The van der Waals surface area contributed by atoms with Gasteiger partial charge in [0, 0.05) is 16.0 Å². The van der Waals surface area contributed by atoms with Crippen molar-refractivity contribution >= 4 is 21.6 Å². The molecule has 5 aromatic rings. The molecule has 1 nitrogen and oxygen atoms in total. The van der Waals surface area contributed by atoms with Crippen molar-refractivity contribution in [3.05, 3.63) is 102 Å². The molecule has 0 fully saturated rings. The van der Waals surface area contributed by atoms with E-state index in [1.165, 1.54) is 43.0 Å². The summed E-state index contributed by atoms with van der Waals surface area (Å²) >= 11 is 1.82. The number of fused-ring (bicyclic) bond motifs is 1. The summed E-state index contributed by atoms with van der Waals surface area (Å²) in [7, 11) is 0. The Morgan fingerprint density at radius 3 is 2.00 bits per heavy atom. The fourth-order valence-corrected chi connectivity index (χ4v) is 5.34. The van der Waals surface area contributed by atoms with E-state index in [9.17, 15) is 0 Å². The fraction of sp³-hybridized carbons (Fsp3) is 0.167. The minimum absolute atomic E-state index is 0.100. The van der Waals surface area contributed by atoms with E-state index in [1.54, 1.807) is 0 Å². The molecule has 0 spiro atoms. The average molecular weight is 434 g/mol. The van der Waals surface area contributed by atoms with Gasteiger partial charge in [-0.2, -0.15) is 0 Å². The van der Waals surface area contributed by atoms with E-state index in [0.717, 1.165) is 11.2 Å². The molecule has 0 unspecified atom stereocenters. The maximum Gasteiger partial charge on any atom is 0.0902 e. The highest BCUT2D eigenvalue weighted by molar-refractivity contribution is 7.23. The number of hydrogen-bond donors (Lipinski definition) is 0. The molecular weight excluding hydrogens is 406 g/mol. The van der Waals surface area contributed by atoms with Gasteiger partial charge in [-0.15, -0.1) is 11.3 Å². The molecule has 0 saturated heterocycles. The predicted molar refractivity (Wildman–Crippen MR) is 139 cm³/mol. The lowest BCUT2D eigenvalue weighted by molar-refractivity contribution is 0.590. The average Bonchev–Trinajstić information content (AvgIpc) is 3.18. The van der Waals surface area contributed by atoms with Crippen LogP contribution >= 0.6 is 11.3 Å². The number of pyridine rings is 1. The minimum atomic E-state index is 0.100. The normalized spacial score (nSPS) is 11.8. The first kappa shape index (κ1) is 20.7. The Labute approximate surface area is 194 Å². The van der Waals surface area contributed by atoms with E-state index in [0.29, 0.717) is 0 Å². The van der Waals surface area contributed by atoms with Crippen molar-refractivity contribution in [3.8, 4) is 32.8 Å². The van der Waals surface area contributed by atoms with Crippen molar-refractivity contribution in [2.45, 2.75) is 33.1 Å². The van der Waals surface area contributed by atoms with Gasteiger partial charge in [0.15, 0.2) is 0 Å². The molecule has 2 heteroatoms. The van der Waals surface area contributed by atoms with Gasteiger partial charge in [-0.1, -0.05) is 93.1 Å². The van der Waals surface area contributed by atoms with Crippen LogP contribution in [0, 0.1) is 6.92 Å². The number of thiophene rings is 1. The van der Waals surface area contributed by atoms with Gasteiger partial charge in [0.05, 0.1) is 15.9 Å². The van der Waals surface area contributed by atoms with Gasteiger partial charge in [-0.3, -0.25) is 0 Å². The standard InChI is InChI=1S/C30H27NS/c1-20-17-23(19-24(18-20)30(2,3)4)25-15-16-26-28(31-25)27(21-11-7-5-8-12-21)29(32-26)22-13-9-6-10-14-22/h5-19H,1-4H3. The summed E-state index contributed by atoms with van der Waals surface area (Å²) < 4.78 is 1.22. The monoisotopic (exact) mass is 433 g/mol. The molecular formula is C30H27NS. The van der Waals surface area contributed by atoms with Crippen LogP contribution in [0.15, 0.2) is 91.0 Å². The van der Waals surface area contributed by atoms with E-state index in [4.69, 9.17) is 4.98 Å². The van der Waals surface area contributed by atoms with E-state index < -0.39 is 0 Å². The lowest BCUT2D eigenvalue weighted by Crippen LogP contribution is -2.11. The first-order chi connectivity index (χ1) is 15.4. The summed E-state index contributed by atoms with van der Waals surface area (Å²) in [6, 6.07) is 32.5. The van der Waals surface area contributed by atoms with Gasteiger partial charge < -0.3 is 0 Å². The van der Waals surface area contributed by atoms with Crippen molar-refractivity contribution in [1.29, 1.82) is 0 Å². The largest absolute Gasteiger partial charge is 0.246 e.